The van der Waals surface area contributed by atoms with Crippen LogP contribution in [0.5, 0.6) is 0 Å². The summed E-state index contributed by atoms with van der Waals surface area (Å²) in [6, 6.07) is 0. The predicted octanol–water partition coefficient (Wildman–Crippen LogP) is 2.99. The Kier molecular flexibility index (Phi) is 5.46. The van der Waals surface area contributed by atoms with Gasteiger partial charge in [0.05, 0.1) is 5.69 Å². The second-order valence-corrected chi connectivity index (χ2v) is 6.51. The van der Waals surface area contributed by atoms with Crippen LogP contribution in [0.3, 0.4) is 0 Å². The first-order chi connectivity index (χ1) is 9.58. The third kappa shape index (κ3) is 4.23. The van der Waals surface area contributed by atoms with Crippen molar-refractivity contribution in [3.8, 4) is 0 Å². The number of aryl methyl sites for hydroxylation is 1. The van der Waals surface area contributed by atoms with Gasteiger partial charge in [-0.25, -0.2) is 4.98 Å². The maximum atomic E-state index is 4.62. The monoisotopic (exact) mass is 278 g/mol. The summed E-state index contributed by atoms with van der Waals surface area (Å²) in [5, 5.41) is 3.58. The van der Waals surface area contributed by atoms with Gasteiger partial charge in [-0.05, 0) is 51.2 Å². The van der Waals surface area contributed by atoms with Crippen molar-refractivity contribution in [1.29, 1.82) is 0 Å². The lowest BCUT2D eigenvalue weighted by Gasteiger charge is -2.31. The lowest BCUT2D eigenvalue weighted by Crippen LogP contribution is -2.35. The third-order valence-electron chi connectivity index (χ3n) is 4.16. The largest absolute Gasteiger partial charge is 0.355 e. The molecule has 1 saturated heterocycles. The van der Waals surface area contributed by atoms with Crippen molar-refractivity contribution in [3.63, 3.8) is 0 Å². The highest BCUT2D eigenvalue weighted by Gasteiger charge is 2.18. The van der Waals surface area contributed by atoms with E-state index in [2.05, 4.69) is 53.7 Å². The van der Waals surface area contributed by atoms with Crippen molar-refractivity contribution in [2.75, 3.05) is 31.5 Å². The Hall–Kier alpha value is -1.03. The highest BCUT2D eigenvalue weighted by atomic mass is 15.2. The van der Waals surface area contributed by atoms with Gasteiger partial charge in [-0.1, -0.05) is 20.8 Å². The van der Waals surface area contributed by atoms with Gasteiger partial charge in [0.2, 0.25) is 5.95 Å². The molecule has 0 atom stereocenters. The van der Waals surface area contributed by atoms with Gasteiger partial charge in [0.15, 0.2) is 0 Å². The molecule has 0 aromatic carbocycles. The highest BCUT2D eigenvalue weighted by Crippen LogP contribution is 2.18. The van der Waals surface area contributed by atoms with E-state index >= 15 is 0 Å². The number of likely N-dealkylation sites (tertiary alicyclic amines) is 1. The first kappa shape index (κ1) is 15.4. The Labute approximate surface area is 123 Å². The summed E-state index contributed by atoms with van der Waals surface area (Å²) in [5.74, 6) is 2.49. The molecule has 4 nitrogen and oxygen atoms in total. The van der Waals surface area contributed by atoms with Crippen molar-refractivity contribution in [2.24, 2.45) is 11.8 Å². The van der Waals surface area contributed by atoms with Gasteiger partial charge in [-0.15, -0.1) is 0 Å². The molecule has 1 aromatic rings. The molecular weight excluding hydrogens is 248 g/mol. The second kappa shape index (κ2) is 7.11. The molecule has 1 aliphatic rings. The van der Waals surface area contributed by atoms with Crippen LogP contribution in [-0.2, 0) is 6.54 Å². The minimum absolute atomic E-state index is 0.650. The fraction of sp³-hybridized carbons (Fsp3) is 0.812. The molecule has 1 fully saturated rings. The summed E-state index contributed by atoms with van der Waals surface area (Å²) in [5.41, 5.74) is 1.11. The lowest BCUT2D eigenvalue weighted by molar-refractivity contribution is 0.198. The van der Waals surface area contributed by atoms with Crippen LogP contribution in [0, 0.1) is 18.8 Å². The zero-order chi connectivity index (χ0) is 14.5. The summed E-state index contributed by atoms with van der Waals surface area (Å²) < 4.78 is 2.27. The Balaban J connectivity index is 1.85. The topological polar surface area (TPSA) is 33.1 Å². The van der Waals surface area contributed by atoms with Crippen molar-refractivity contribution in [1.82, 2.24) is 14.5 Å². The number of nitrogens with zero attached hydrogens (tertiary/aromatic N) is 3. The van der Waals surface area contributed by atoms with E-state index in [1.807, 2.05) is 0 Å². The number of rotatable bonds is 6. The van der Waals surface area contributed by atoms with Crippen LogP contribution in [0.2, 0.25) is 0 Å². The van der Waals surface area contributed by atoms with Crippen LogP contribution < -0.4 is 5.32 Å². The SMILES string of the molecule is CCN1CCC(CNc2nc(C)cn2CC(C)C)CC1. The normalized spacial score (nSPS) is 17.9. The van der Waals surface area contributed by atoms with Crippen LogP contribution in [0.15, 0.2) is 6.20 Å². The number of aromatic nitrogens is 2. The van der Waals surface area contributed by atoms with Gasteiger partial charge in [0, 0.05) is 19.3 Å². The minimum Gasteiger partial charge on any atom is -0.355 e. The van der Waals surface area contributed by atoms with Crippen LogP contribution in [0.4, 0.5) is 5.95 Å². The van der Waals surface area contributed by atoms with E-state index in [0.29, 0.717) is 5.92 Å². The highest BCUT2D eigenvalue weighted by molar-refractivity contribution is 5.28. The molecule has 0 amide bonds. The zero-order valence-electron chi connectivity index (χ0n) is 13.5. The number of nitrogens with one attached hydrogen (secondary N) is 1. The number of hydrogen-bond donors (Lipinski definition) is 1. The molecule has 114 valence electrons. The van der Waals surface area contributed by atoms with E-state index in [9.17, 15) is 0 Å². The van der Waals surface area contributed by atoms with Gasteiger partial charge in [0.1, 0.15) is 0 Å². The zero-order valence-corrected chi connectivity index (χ0v) is 13.5. The van der Waals surface area contributed by atoms with E-state index in [-0.39, 0.29) is 0 Å². The van der Waals surface area contributed by atoms with Gasteiger partial charge < -0.3 is 14.8 Å². The number of anilines is 1. The van der Waals surface area contributed by atoms with Crippen LogP contribution in [0.1, 0.15) is 39.3 Å². The lowest BCUT2D eigenvalue weighted by atomic mass is 9.97. The average molecular weight is 278 g/mol. The smallest absolute Gasteiger partial charge is 0.203 e. The number of hydrogen-bond acceptors (Lipinski definition) is 3. The van der Waals surface area contributed by atoms with Crippen molar-refractivity contribution in [2.45, 2.75) is 47.1 Å². The average Bonchev–Trinajstić information content (AvgIpc) is 2.76. The molecule has 0 aliphatic carbocycles. The molecule has 2 heterocycles. The molecule has 0 saturated carbocycles. The maximum Gasteiger partial charge on any atom is 0.203 e. The van der Waals surface area contributed by atoms with Crippen LogP contribution in [0.25, 0.3) is 0 Å². The fourth-order valence-corrected chi connectivity index (χ4v) is 2.96. The molecule has 1 N–H and O–H groups in total. The molecule has 0 unspecified atom stereocenters. The molecule has 20 heavy (non-hydrogen) atoms. The van der Waals surface area contributed by atoms with E-state index in [1.165, 1.54) is 32.5 Å². The first-order valence-electron chi connectivity index (χ1n) is 8.08. The summed E-state index contributed by atoms with van der Waals surface area (Å²) in [4.78, 5) is 7.16. The Morgan fingerprint density at radius 2 is 2.05 bits per heavy atom. The summed E-state index contributed by atoms with van der Waals surface area (Å²) in [6.45, 7) is 14.6. The molecule has 0 spiro atoms. The minimum atomic E-state index is 0.650. The molecule has 0 radical (unpaired) electrons. The van der Waals surface area contributed by atoms with E-state index in [1.54, 1.807) is 0 Å². The quantitative estimate of drug-likeness (QED) is 0.868. The van der Waals surface area contributed by atoms with E-state index in [4.69, 9.17) is 0 Å². The van der Waals surface area contributed by atoms with Gasteiger partial charge in [-0.2, -0.15) is 0 Å². The molecular formula is C16H30N4. The fourth-order valence-electron chi connectivity index (χ4n) is 2.96. The Morgan fingerprint density at radius 3 is 2.65 bits per heavy atom. The van der Waals surface area contributed by atoms with Crippen molar-refractivity contribution < 1.29 is 0 Å². The third-order valence-corrected chi connectivity index (χ3v) is 4.16. The second-order valence-electron chi connectivity index (χ2n) is 6.51. The molecule has 4 heteroatoms. The van der Waals surface area contributed by atoms with Crippen LogP contribution >= 0.6 is 0 Å². The standard InChI is InChI=1S/C16H30N4/c1-5-19-8-6-15(7-9-19)10-17-16-18-14(4)12-20(16)11-13(2)3/h12-13,15H,5-11H2,1-4H3,(H,17,18). The maximum absolute atomic E-state index is 4.62. The Morgan fingerprint density at radius 1 is 1.35 bits per heavy atom. The summed E-state index contributed by atoms with van der Waals surface area (Å²) in [6.07, 6.45) is 4.78. The van der Waals surface area contributed by atoms with E-state index < -0.39 is 0 Å². The number of imidazole rings is 1. The van der Waals surface area contributed by atoms with E-state index in [0.717, 1.165) is 30.6 Å². The number of piperidine rings is 1. The molecule has 2 rings (SSSR count). The molecule has 1 aliphatic heterocycles. The molecule has 0 bridgehead atoms. The Bertz CT molecular complexity index is 403. The van der Waals surface area contributed by atoms with Gasteiger partial charge in [-0.3, -0.25) is 0 Å². The van der Waals surface area contributed by atoms with Crippen molar-refractivity contribution >= 4 is 5.95 Å². The first-order valence-corrected chi connectivity index (χ1v) is 8.08. The predicted molar refractivity (Wildman–Crippen MR) is 85.1 cm³/mol. The van der Waals surface area contributed by atoms with Crippen molar-refractivity contribution in [3.05, 3.63) is 11.9 Å². The van der Waals surface area contributed by atoms with Crippen LogP contribution in [-0.4, -0.2) is 40.6 Å². The van der Waals surface area contributed by atoms with Gasteiger partial charge >= 0.3 is 0 Å². The summed E-state index contributed by atoms with van der Waals surface area (Å²) >= 11 is 0. The van der Waals surface area contributed by atoms with Gasteiger partial charge in [0.25, 0.3) is 0 Å². The molecule has 1 aromatic heterocycles. The summed E-state index contributed by atoms with van der Waals surface area (Å²) in [7, 11) is 0.